The normalized spacial score (nSPS) is 19.5. The Hall–Kier alpha value is -3.02. The number of hydrogen-bond acceptors (Lipinski definition) is 4. The highest BCUT2D eigenvalue weighted by Gasteiger charge is 2.43. The summed E-state index contributed by atoms with van der Waals surface area (Å²) in [6.45, 7) is 0. The highest BCUT2D eigenvalue weighted by molar-refractivity contribution is 5.85. The van der Waals surface area contributed by atoms with Gasteiger partial charge in [0.1, 0.15) is 0 Å². The molecule has 3 rings (SSSR count). The molecule has 1 N–H and O–H groups in total. The molecule has 0 bridgehead atoms. The zero-order valence-corrected chi connectivity index (χ0v) is 12.3. The average molecular weight is 309 g/mol. The first-order chi connectivity index (χ1) is 11.1. The van der Waals surface area contributed by atoms with Crippen LogP contribution in [-0.2, 0) is 4.79 Å². The summed E-state index contributed by atoms with van der Waals surface area (Å²) in [5.74, 6) is 0.134. The highest BCUT2D eigenvalue weighted by Crippen LogP contribution is 2.47. The van der Waals surface area contributed by atoms with Gasteiger partial charge < -0.3 is 0 Å². The van der Waals surface area contributed by atoms with Crippen LogP contribution in [0.2, 0.25) is 0 Å². The van der Waals surface area contributed by atoms with Crippen LogP contribution in [0.3, 0.4) is 0 Å². The number of nitro benzene ring substituents is 1. The molecule has 2 aromatic rings. The minimum atomic E-state index is -0.459. The number of hydrogen-bond donors (Lipinski definition) is 1. The summed E-state index contributed by atoms with van der Waals surface area (Å²) in [7, 11) is 0. The molecule has 1 aliphatic rings. The number of nitrogens with zero attached hydrogens (tertiary/aromatic N) is 2. The summed E-state index contributed by atoms with van der Waals surface area (Å²) in [6.07, 6.45) is 2.31. The van der Waals surface area contributed by atoms with Crippen LogP contribution < -0.4 is 5.43 Å². The molecule has 0 unspecified atom stereocenters. The van der Waals surface area contributed by atoms with E-state index >= 15 is 0 Å². The third-order valence-electron chi connectivity index (χ3n) is 3.85. The Morgan fingerprint density at radius 3 is 2.52 bits per heavy atom. The Morgan fingerprint density at radius 2 is 1.87 bits per heavy atom. The second-order valence-electron chi connectivity index (χ2n) is 5.44. The van der Waals surface area contributed by atoms with Crippen molar-refractivity contribution in [3.63, 3.8) is 0 Å². The zero-order chi connectivity index (χ0) is 16.2. The summed E-state index contributed by atoms with van der Waals surface area (Å²) in [4.78, 5) is 22.1. The number of amides is 1. The quantitative estimate of drug-likeness (QED) is 0.523. The molecular weight excluding hydrogens is 294 g/mol. The third-order valence-corrected chi connectivity index (χ3v) is 3.85. The number of nitro groups is 1. The van der Waals surface area contributed by atoms with Gasteiger partial charge >= 0.3 is 0 Å². The van der Waals surface area contributed by atoms with E-state index in [1.165, 1.54) is 23.9 Å². The first kappa shape index (κ1) is 14.9. The molecule has 0 aromatic heterocycles. The molecule has 1 aliphatic carbocycles. The molecule has 1 saturated carbocycles. The molecule has 116 valence electrons. The van der Waals surface area contributed by atoms with Crippen molar-refractivity contribution >= 4 is 17.8 Å². The van der Waals surface area contributed by atoms with Crippen LogP contribution in [0.4, 0.5) is 5.69 Å². The molecule has 2 atom stereocenters. The maximum atomic E-state index is 12.0. The van der Waals surface area contributed by atoms with Crippen LogP contribution in [0.5, 0.6) is 0 Å². The van der Waals surface area contributed by atoms with E-state index in [-0.39, 0.29) is 23.4 Å². The number of carbonyl (C=O) groups excluding carboxylic acids is 1. The van der Waals surface area contributed by atoms with Gasteiger partial charge in [-0.25, -0.2) is 5.43 Å². The Bertz CT molecular complexity index is 741. The van der Waals surface area contributed by atoms with Crippen molar-refractivity contribution in [3.8, 4) is 0 Å². The first-order valence-electron chi connectivity index (χ1n) is 7.27. The van der Waals surface area contributed by atoms with E-state index in [0.717, 1.165) is 6.42 Å². The van der Waals surface area contributed by atoms with Crippen LogP contribution in [0, 0.1) is 16.0 Å². The fourth-order valence-corrected chi connectivity index (χ4v) is 2.49. The van der Waals surface area contributed by atoms with Crippen LogP contribution in [0.1, 0.15) is 23.5 Å². The summed E-state index contributed by atoms with van der Waals surface area (Å²) >= 11 is 0. The fourth-order valence-electron chi connectivity index (χ4n) is 2.49. The van der Waals surface area contributed by atoms with Crippen molar-refractivity contribution in [2.45, 2.75) is 12.3 Å². The van der Waals surface area contributed by atoms with Crippen LogP contribution in [-0.4, -0.2) is 17.0 Å². The van der Waals surface area contributed by atoms with Crippen molar-refractivity contribution < 1.29 is 9.72 Å². The first-order valence-corrected chi connectivity index (χ1v) is 7.27. The van der Waals surface area contributed by atoms with Crippen molar-refractivity contribution in [2.75, 3.05) is 0 Å². The van der Waals surface area contributed by atoms with E-state index in [0.29, 0.717) is 5.56 Å². The van der Waals surface area contributed by atoms with Crippen molar-refractivity contribution in [1.82, 2.24) is 5.43 Å². The molecular formula is C17H15N3O3. The predicted molar refractivity (Wildman–Crippen MR) is 86.1 cm³/mol. The zero-order valence-electron chi connectivity index (χ0n) is 12.3. The second-order valence-corrected chi connectivity index (χ2v) is 5.44. The summed E-state index contributed by atoms with van der Waals surface area (Å²) in [6, 6.07) is 15.9. The minimum absolute atomic E-state index is 0.0230. The third kappa shape index (κ3) is 3.60. The Labute approximate surface area is 133 Å². The van der Waals surface area contributed by atoms with E-state index in [1.807, 2.05) is 30.3 Å². The van der Waals surface area contributed by atoms with E-state index in [4.69, 9.17) is 0 Å². The van der Waals surface area contributed by atoms with Crippen molar-refractivity contribution in [2.24, 2.45) is 11.0 Å². The van der Waals surface area contributed by atoms with Gasteiger partial charge in [-0.1, -0.05) is 30.3 Å². The maximum absolute atomic E-state index is 12.0. The molecule has 23 heavy (non-hydrogen) atoms. The van der Waals surface area contributed by atoms with E-state index in [9.17, 15) is 14.9 Å². The van der Waals surface area contributed by atoms with Gasteiger partial charge in [-0.2, -0.15) is 5.10 Å². The molecule has 0 spiro atoms. The number of nitrogens with one attached hydrogen (secondary N) is 1. The topological polar surface area (TPSA) is 84.6 Å². The van der Waals surface area contributed by atoms with Gasteiger partial charge in [-0.05, 0) is 35.6 Å². The number of carbonyl (C=O) groups is 1. The van der Waals surface area contributed by atoms with Crippen LogP contribution >= 0.6 is 0 Å². The van der Waals surface area contributed by atoms with E-state index in [1.54, 1.807) is 12.1 Å². The summed E-state index contributed by atoms with van der Waals surface area (Å²) < 4.78 is 0. The standard InChI is InChI=1S/C17H15N3O3/c21-17(16-10-15(16)13-4-2-1-3-5-13)19-18-11-12-6-8-14(9-7-12)20(22)23/h1-9,11,15-16H,10H2,(H,19,21)/b18-11-/t15-,16-/m0/s1. The molecule has 6 heteroatoms. The minimum Gasteiger partial charge on any atom is -0.273 e. The Balaban J connectivity index is 1.52. The van der Waals surface area contributed by atoms with Crippen LogP contribution in [0.25, 0.3) is 0 Å². The second kappa shape index (κ2) is 6.39. The van der Waals surface area contributed by atoms with Gasteiger partial charge in [0, 0.05) is 18.1 Å². The van der Waals surface area contributed by atoms with Gasteiger partial charge in [-0.3, -0.25) is 14.9 Å². The maximum Gasteiger partial charge on any atom is 0.269 e. The molecule has 2 aromatic carbocycles. The molecule has 0 aliphatic heterocycles. The fraction of sp³-hybridized carbons (Fsp3) is 0.176. The lowest BCUT2D eigenvalue weighted by Gasteiger charge is -2.00. The molecule has 6 nitrogen and oxygen atoms in total. The number of benzene rings is 2. The lowest BCUT2D eigenvalue weighted by Crippen LogP contribution is -2.20. The van der Waals surface area contributed by atoms with Crippen molar-refractivity contribution in [1.29, 1.82) is 0 Å². The van der Waals surface area contributed by atoms with E-state index in [2.05, 4.69) is 10.5 Å². The van der Waals surface area contributed by atoms with Crippen molar-refractivity contribution in [3.05, 3.63) is 75.8 Å². The number of rotatable bonds is 5. The van der Waals surface area contributed by atoms with Gasteiger partial charge in [0.2, 0.25) is 5.91 Å². The number of hydrazone groups is 1. The summed E-state index contributed by atoms with van der Waals surface area (Å²) in [5, 5.41) is 14.5. The predicted octanol–water partition coefficient (Wildman–Crippen LogP) is 2.85. The monoisotopic (exact) mass is 309 g/mol. The van der Waals surface area contributed by atoms with Gasteiger partial charge in [-0.15, -0.1) is 0 Å². The smallest absolute Gasteiger partial charge is 0.269 e. The molecule has 1 fully saturated rings. The number of non-ortho nitro benzene ring substituents is 1. The Kier molecular flexibility index (Phi) is 4.14. The SMILES string of the molecule is O=C(N/N=C\c1ccc([N+](=O)[O-])cc1)[C@H]1C[C@H]1c1ccccc1. The molecule has 0 heterocycles. The van der Waals surface area contributed by atoms with Gasteiger partial charge in [0.25, 0.3) is 5.69 Å². The average Bonchev–Trinajstić information content (AvgIpc) is 3.37. The van der Waals surface area contributed by atoms with E-state index < -0.39 is 4.92 Å². The Morgan fingerprint density at radius 1 is 1.17 bits per heavy atom. The lowest BCUT2D eigenvalue weighted by molar-refractivity contribution is -0.384. The van der Waals surface area contributed by atoms with Crippen LogP contribution in [0.15, 0.2) is 59.7 Å². The summed E-state index contributed by atoms with van der Waals surface area (Å²) in [5.41, 5.74) is 4.41. The molecule has 0 saturated heterocycles. The molecule has 0 radical (unpaired) electrons. The largest absolute Gasteiger partial charge is 0.273 e. The lowest BCUT2D eigenvalue weighted by atomic mass is 10.1. The van der Waals surface area contributed by atoms with Gasteiger partial charge in [0.15, 0.2) is 0 Å². The van der Waals surface area contributed by atoms with Gasteiger partial charge in [0.05, 0.1) is 11.1 Å². The molecule has 1 amide bonds. The highest BCUT2D eigenvalue weighted by atomic mass is 16.6.